The minimum atomic E-state index is -3.49. The van der Waals surface area contributed by atoms with Crippen LogP contribution in [-0.4, -0.2) is 14.5 Å². The van der Waals surface area contributed by atoms with Crippen LogP contribution in [0.15, 0.2) is 27.6 Å². The first-order valence-electron chi connectivity index (χ1n) is 5.85. The molecule has 2 unspecified atom stereocenters. The summed E-state index contributed by atoms with van der Waals surface area (Å²) < 4.78 is 27.6. The quantitative estimate of drug-likeness (QED) is 0.813. The molecule has 0 aliphatic carbocycles. The van der Waals surface area contributed by atoms with Crippen LogP contribution in [0, 0.1) is 5.92 Å². The Bertz CT molecular complexity index is 517. The molecule has 3 N–H and O–H groups in total. The van der Waals surface area contributed by atoms with E-state index in [1.807, 2.05) is 20.8 Å². The lowest BCUT2D eigenvalue weighted by atomic mass is 10.0. The SMILES string of the molecule is CCC(C)C(C)NS(=O)(=O)c1ccc(N)c(Br)c1. The van der Waals surface area contributed by atoms with Gasteiger partial charge in [0, 0.05) is 16.2 Å². The summed E-state index contributed by atoms with van der Waals surface area (Å²) in [5.41, 5.74) is 6.16. The summed E-state index contributed by atoms with van der Waals surface area (Å²) in [5, 5.41) is 0. The Kier molecular flexibility index (Phi) is 5.19. The van der Waals surface area contributed by atoms with E-state index in [9.17, 15) is 8.42 Å². The summed E-state index contributed by atoms with van der Waals surface area (Å²) >= 11 is 3.23. The lowest BCUT2D eigenvalue weighted by Gasteiger charge is -2.20. The molecule has 0 aliphatic rings. The van der Waals surface area contributed by atoms with Crippen molar-refractivity contribution in [2.75, 3.05) is 5.73 Å². The van der Waals surface area contributed by atoms with Gasteiger partial charge in [-0.15, -0.1) is 0 Å². The van der Waals surface area contributed by atoms with Crippen LogP contribution in [0.3, 0.4) is 0 Å². The third kappa shape index (κ3) is 3.70. The Hall–Kier alpha value is -0.590. The van der Waals surface area contributed by atoms with Gasteiger partial charge in [-0.25, -0.2) is 13.1 Å². The molecule has 0 bridgehead atoms. The highest BCUT2D eigenvalue weighted by Gasteiger charge is 2.20. The van der Waals surface area contributed by atoms with E-state index in [2.05, 4.69) is 20.7 Å². The third-order valence-electron chi connectivity index (χ3n) is 3.12. The summed E-state index contributed by atoms with van der Waals surface area (Å²) in [6.45, 7) is 5.93. The Morgan fingerprint density at radius 2 is 2.00 bits per heavy atom. The van der Waals surface area contributed by atoms with Crippen molar-refractivity contribution in [1.82, 2.24) is 4.72 Å². The molecule has 2 atom stereocenters. The molecular formula is C12H19BrN2O2S. The minimum absolute atomic E-state index is 0.101. The summed E-state index contributed by atoms with van der Waals surface area (Å²) in [5.74, 6) is 0.289. The number of hydrogen-bond donors (Lipinski definition) is 2. The molecule has 0 aliphatic heterocycles. The number of halogens is 1. The van der Waals surface area contributed by atoms with E-state index in [1.165, 1.54) is 12.1 Å². The van der Waals surface area contributed by atoms with E-state index in [0.29, 0.717) is 10.2 Å². The highest BCUT2D eigenvalue weighted by Crippen LogP contribution is 2.23. The standard InChI is InChI=1S/C12H19BrN2O2S/c1-4-8(2)9(3)15-18(16,17)10-5-6-12(14)11(13)7-10/h5-9,15H,4,14H2,1-3H3. The molecule has 0 saturated heterocycles. The van der Waals surface area contributed by atoms with E-state index < -0.39 is 10.0 Å². The minimum Gasteiger partial charge on any atom is -0.398 e. The van der Waals surface area contributed by atoms with E-state index >= 15 is 0 Å². The van der Waals surface area contributed by atoms with Crippen molar-refractivity contribution in [3.05, 3.63) is 22.7 Å². The van der Waals surface area contributed by atoms with E-state index in [4.69, 9.17) is 5.73 Å². The lowest BCUT2D eigenvalue weighted by molar-refractivity contribution is 0.434. The maximum atomic E-state index is 12.2. The second kappa shape index (κ2) is 6.04. The number of sulfonamides is 1. The van der Waals surface area contributed by atoms with Gasteiger partial charge in [-0.05, 0) is 47.0 Å². The molecule has 1 aromatic rings. The zero-order valence-electron chi connectivity index (χ0n) is 10.8. The highest BCUT2D eigenvalue weighted by molar-refractivity contribution is 9.10. The second-order valence-electron chi connectivity index (χ2n) is 4.48. The average Bonchev–Trinajstić information content (AvgIpc) is 2.30. The number of hydrogen-bond acceptors (Lipinski definition) is 3. The molecule has 0 heterocycles. The van der Waals surface area contributed by atoms with Crippen molar-refractivity contribution in [2.45, 2.75) is 38.1 Å². The van der Waals surface area contributed by atoms with Crippen molar-refractivity contribution >= 4 is 31.6 Å². The van der Waals surface area contributed by atoms with Crippen molar-refractivity contribution in [3.63, 3.8) is 0 Å². The topological polar surface area (TPSA) is 72.2 Å². The Balaban J connectivity index is 2.96. The first-order valence-corrected chi connectivity index (χ1v) is 8.13. The fourth-order valence-electron chi connectivity index (χ4n) is 1.46. The molecular weight excluding hydrogens is 316 g/mol. The van der Waals surface area contributed by atoms with Crippen LogP contribution in [0.2, 0.25) is 0 Å². The van der Waals surface area contributed by atoms with Crippen LogP contribution in [0.4, 0.5) is 5.69 Å². The molecule has 0 amide bonds. The summed E-state index contributed by atoms with van der Waals surface area (Å²) in [6, 6.07) is 4.50. The smallest absolute Gasteiger partial charge is 0.240 e. The lowest BCUT2D eigenvalue weighted by Crippen LogP contribution is -2.36. The molecule has 0 spiro atoms. The molecule has 0 fully saturated rings. The summed E-state index contributed by atoms with van der Waals surface area (Å²) in [6.07, 6.45) is 0.926. The highest BCUT2D eigenvalue weighted by atomic mass is 79.9. The first kappa shape index (κ1) is 15.5. The van der Waals surface area contributed by atoms with Gasteiger partial charge in [-0.1, -0.05) is 20.3 Å². The van der Waals surface area contributed by atoms with Crippen LogP contribution in [-0.2, 0) is 10.0 Å². The Labute approximate surface area is 117 Å². The van der Waals surface area contributed by atoms with Crippen LogP contribution in [0.5, 0.6) is 0 Å². The fourth-order valence-corrected chi connectivity index (χ4v) is 3.37. The molecule has 6 heteroatoms. The molecule has 0 aromatic heterocycles. The number of nitrogens with one attached hydrogen (secondary N) is 1. The molecule has 18 heavy (non-hydrogen) atoms. The number of anilines is 1. The van der Waals surface area contributed by atoms with Crippen molar-refractivity contribution in [1.29, 1.82) is 0 Å². The van der Waals surface area contributed by atoms with Gasteiger partial charge >= 0.3 is 0 Å². The normalized spacial score (nSPS) is 15.3. The van der Waals surface area contributed by atoms with Crippen LogP contribution in [0.25, 0.3) is 0 Å². The largest absolute Gasteiger partial charge is 0.398 e. The van der Waals surface area contributed by atoms with Gasteiger partial charge < -0.3 is 5.73 Å². The molecule has 1 aromatic carbocycles. The monoisotopic (exact) mass is 334 g/mol. The van der Waals surface area contributed by atoms with E-state index in [0.717, 1.165) is 6.42 Å². The van der Waals surface area contributed by atoms with E-state index in [1.54, 1.807) is 6.07 Å². The number of benzene rings is 1. The van der Waals surface area contributed by atoms with Crippen LogP contribution < -0.4 is 10.5 Å². The number of rotatable bonds is 5. The van der Waals surface area contributed by atoms with Gasteiger partial charge in [-0.3, -0.25) is 0 Å². The zero-order valence-corrected chi connectivity index (χ0v) is 13.2. The van der Waals surface area contributed by atoms with Crippen molar-refractivity contribution < 1.29 is 8.42 Å². The predicted molar refractivity (Wildman–Crippen MR) is 77.8 cm³/mol. The predicted octanol–water partition coefficient (Wildman–Crippen LogP) is 2.74. The fraction of sp³-hybridized carbons (Fsp3) is 0.500. The van der Waals surface area contributed by atoms with Gasteiger partial charge in [0.25, 0.3) is 0 Å². The molecule has 0 saturated carbocycles. The molecule has 0 radical (unpaired) electrons. The first-order chi connectivity index (χ1) is 8.27. The van der Waals surface area contributed by atoms with Crippen LogP contribution in [0.1, 0.15) is 27.2 Å². The van der Waals surface area contributed by atoms with E-state index in [-0.39, 0.29) is 16.9 Å². The summed E-state index contributed by atoms with van der Waals surface area (Å²) in [4.78, 5) is 0.221. The molecule has 1 rings (SSSR count). The molecule has 4 nitrogen and oxygen atoms in total. The Morgan fingerprint density at radius 1 is 1.39 bits per heavy atom. The van der Waals surface area contributed by atoms with Gasteiger partial charge in [0.2, 0.25) is 10.0 Å². The van der Waals surface area contributed by atoms with Crippen LogP contribution >= 0.6 is 15.9 Å². The van der Waals surface area contributed by atoms with Crippen molar-refractivity contribution in [2.24, 2.45) is 5.92 Å². The maximum absolute atomic E-state index is 12.2. The molecule has 102 valence electrons. The Morgan fingerprint density at radius 3 is 2.50 bits per heavy atom. The maximum Gasteiger partial charge on any atom is 0.240 e. The zero-order chi connectivity index (χ0) is 13.9. The van der Waals surface area contributed by atoms with Gasteiger partial charge in [0.05, 0.1) is 4.90 Å². The van der Waals surface area contributed by atoms with Crippen molar-refractivity contribution in [3.8, 4) is 0 Å². The number of nitrogen functional groups attached to an aromatic ring is 1. The average molecular weight is 335 g/mol. The van der Waals surface area contributed by atoms with Gasteiger partial charge in [-0.2, -0.15) is 0 Å². The van der Waals surface area contributed by atoms with Gasteiger partial charge in [0.15, 0.2) is 0 Å². The third-order valence-corrected chi connectivity index (χ3v) is 5.36. The second-order valence-corrected chi connectivity index (χ2v) is 7.05. The number of nitrogens with two attached hydrogens (primary N) is 1. The van der Waals surface area contributed by atoms with Gasteiger partial charge in [0.1, 0.15) is 0 Å². The summed E-state index contributed by atoms with van der Waals surface area (Å²) in [7, 11) is -3.49.